The van der Waals surface area contributed by atoms with Crippen molar-refractivity contribution < 1.29 is 0 Å². The Morgan fingerprint density at radius 3 is 2.57 bits per heavy atom. The molecule has 0 unspecified atom stereocenters. The molecule has 0 saturated carbocycles. The first-order valence-electron chi connectivity index (χ1n) is 6.97. The molecule has 0 spiro atoms. The van der Waals surface area contributed by atoms with Crippen LogP contribution in [-0.2, 0) is 0 Å². The quantitative estimate of drug-likeness (QED) is 0.906. The summed E-state index contributed by atoms with van der Waals surface area (Å²) in [6.45, 7) is 9.90. The number of allylic oxidation sites excluding steroid dienone is 3. The Hall–Kier alpha value is -2.00. The molecule has 2 nitrogen and oxygen atoms in total. The van der Waals surface area contributed by atoms with E-state index in [4.69, 9.17) is 0 Å². The fourth-order valence-corrected chi connectivity index (χ4v) is 3.17. The predicted octanol–water partition coefficient (Wildman–Crippen LogP) is 3.29. The molecule has 21 heavy (non-hydrogen) atoms. The van der Waals surface area contributed by atoms with Crippen LogP contribution in [0.15, 0.2) is 52.7 Å². The molecule has 1 aromatic rings. The fourth-order valence-electron chi connectivity index (χ4n) is 2.19. The van der Waals surface area contributed by atoms with Crippen molar-refractivity contribution in [2.75, 3.05) is 0 Å². The van der Waals surface area contributed by atoms with Crippen molar-refractivity contribution in [2.24, 2.45) is 0 Å². The maximum absolute atomic E-state index is 4.40. The molecule has 0 aromatic carbocycles. The van der Waals surface area contributed by atoms with Crippen molar-refractivity contribution in [3.63, 3.8) is 0 Å². The van der Waals surface area contributed by atoms with E-state index in [9.17, 15) is 0 Å². The van der Waals surface area contributed by atoms with Crippen LogP contribution >= 0.6 is 11.8 Å². The lowest BCUT2D eigenvalue weighted by Crippen LogP contribution is -2.29. The van der Waals surface area contributed by atoms with Crippen molar-refractivity contribution in [2.45, 2.75) is 20.8 Å². The van der Waals surface area contributed by atoms with E-state index in [0.717, 1.165) is 21.2 Å². The van der Waals surface area contributed by atoms with Gasteiger partial charge in [0.05, 0.1) is 10.4 Å². The standard InChI is InChI=1S/C18H20N2S/c1-5-9-14-13(10-11-19-15(14)6-2)12-18-20-16(7-3)17(8-4)21-18/h5-12,20H,1H2,2-4H3/b14-9-,15-6+,16-7+,17-8+,18-12-. The van der Waals surface area contributed by atoms with Gasteiger partial charge in [0.15, 0.2) is 0 Å². The highest BCUT2D eigenvalue weighted by atomic mass is 32.2. The Balaban J connectivity index is 2.53. The van der Waals surface area contributed by atoms with Crippen LogP contribution in [0.2, 0.25) is 0 Å². The number of hydrogen-bond donors (Lipinski definition) is 1. The third kappa shape index (κ3) is 3.37. The second kappa shape index (κ2) is 7.14. The Kier molecular flexibility index (Phi) is 5.23. The van der Waals surface area contributed by atoms with Gasteiger partial charge in [-0.05, 0) is 38.5 Å². The zero-order valence-corrected chi connectivity index (χ0v) is 13.5. The predicted molar refractivity (Wildman–Crippen MR) is 94.5 cm³/mol. The molecule has 1 aliphatic heterocycles. The van der Waals surface area contributed by atoms with E-state index in [0.29, 0.717) is 0 Å². The van der Waals surface area contributed by atoms with Gasteiger partial charge in [-0.3, -0.25) is 4.98 Å². The van der Waals surface area contributed by atoms with Crippen LogP contribution in [0.3, 0.4) is 0 Å². The molecule has 0 bridgehead atoms. The first-order valence-corrected chi connectivity index (χ1v) is 7.78. The van der Waals surface area contributed by atoms with E-state index in [1.807, 2.05) is 38.3 Å². The summed E-state index contributed by atoms with van der Waals surface area (Å²) < 4.78 is 0. The first-order chi connectivity index (χ1) is 10.2. The normalized spacial score (nSPS) is 22.3. The van der Waals surface area contributed by atoms with Crippen LogP contribution in [0.25, 0.3) is 18.2 Å². The summed E-state index contributed by atoms with van der Waals surface area (Å²) in [6, 6.07) is 2.03. The summed E-state index contributed by atoms with van der Waals surface area (Å²) in [5.74, 6) is 0. The van der Waals surface area contributed by atoms with Gasteiger partial charge < -0.3 is 5.32 Å². The molecule has 0 aliphatic carbocycles. The summed E-state index contributed by atoms with van der Waals surface area (Å²) in [5.41, 5.74) is 2.31. The van der Waals surface area contributed by atoms with Gasteiger partial charge in [-0.15, -0.1) is 0 Å². The van der Waals surface area contributed by atoms with Crippen molar-refractivity contribution in [1.29, 1.82) is 0 Å². The van der Waals surface area contributed by atoms with Crippen molar-refractivity contribution >= 4 is 30.0 Å². The highest BCUT2D eigenvalue weighted by Crippen LogP contribution is 2.36. The monoisotopic (exact) mass is 296 g/mol. The number of aromatic nitrogens is 1. The molecule has 1 aliphatic rings. The average molecular weight is 296 g/mol. The minimum absolute atomic E-state index is 0.977. The molecule has 0 amide bonds. The van der Waals surface area contributed by atoms with Crippen molar-refractivity contribution in [3.8, 4) is 0 Å². The van der Waals surface area contributed by atoms with E-state index in [1.165, 1.54) is 10.6 Å². The first kappa shape index (κ1) is 15.4. The van der Waals surface area contributed by atoms with E-state index in [1.54, 1.807) is 17.8 Å². The molecule has 3 heteroatoms. The molecule has 0 radical (unpaired) electrons. The largest absolute Gasteiger partial charge is 0.349 e. The zero-order chi connectivity index (χ0) is 15.2. The topological polar surface area (TPSA) is 24.9 Å². The summed E-state index contributed by atoms with van der Waals surface area (Å²) in [4.78, 5) is 5.66. The molecular formula is C18H20N2S. The maximum atomic E-state index is 4.40. The van der Waals surface area contributed by atoms with Gasteiger partial charge in [-0.25, -0.2) is 0 Å². The van der Waals surface area contributed by atoms with Crippen molar-refractivity contribution in [3.05, 3.63) is 68.8 Å². The smallest absolute Gasteiger partial charge is 0.0781 e. The van der Waals surface area contributed by atoms with E-state index in [2.05, 4.69) is 42.0 Å². The van der Waals surface area contributed by atoms with Gasteiger partial charge in [0.25, 0.3) is 0 Å². The Morgan fingerprint density at radius 2 is 2.00 bits per heavy atom. The third-order valence-electron chi connectivity index (χ3n) is 3.19. The maximum Gasteiger partial charge on any atom is 0.0781 e. The van der Waals surface area contributed by atoms with E-state index in [-0.39, 0.29) is 0 Å². The van der Waals surface area contributed by atoms with Gasteiger partial charge in [0, 0.05) is 22.0 Å². The zero-order valence-electron chi connectivity index (χ0n) is 12.7. The van der Waals surface area contributed by atoms with Crippen LogP contribution in [-0.4, -0.2) is 4.98 Å². The minimum atomic E-state index is 0.977. The van der Waals surface area contributed by atoms with Crippen LogP contribution < -0.4 is 15.9 Å². The lowest BCUT2D eigenvalue weighted by molar-refractivity contribution is 1.10. The summed E-state index contributed by atoms with van der Waals surface area (Å²) in [7, 11) is 0. The van der Waals surface area contributed by atoms with Crippen LogP contribution in [0.1, 0.15) is 26.3 Å². The molecule has 2 heterocycles. The molecule has 1 N–H and O–H groups in total. The lowest BCUT2D eigenvalue weighted by atomic mass is 10.1. The summed E-state index contributed by atoms with van der Waals surface area (Å²) in [5, 5.41) is 6.65. The highest BCUT2D eigenvalue weighted by molar-refractivity contribution is 8.07. The number of pyridine rings is 1. The number of nitrogens with zero attached hydrogens (tertiary/aromatic N) is 1. The number of nitrogens with one attached hydrogen (secondary N) is 1. The van der Waals surface area contributed by atoms with Gasteiger partial charge in [-0.2, -0.15) is 0 Å². The van der Waals surface area contributed by atoms with Crippen LogP contribution in [0.4, 0.5) is 0 Å². The molecule has 1 saturated heterocycles. The van der Waals surface area contributed by atoms with Gasteiger partial charge in [0.1, 0.15) is 0 Å². The second-order valence-corrected chi connectivity index (χ2v) is 5.56. The molecule has 0 atom stereocenters. The van der Waals surface area contributed by atoms with Gasteiger partial charge in [-0.1, -0.05) is 48.7 Å². The SMILES string of the molecule is C=C/C=c1/c(/C=C2/NC(=C/C)/C(=C\C)S2)ccn/c1=C/C. The summed E-state index contributed by atoms with van der Waals surface area (Å²) in [6.07, 6.45) is 14.0. The number of hydrogen-bond acceptors (Lipinski definition) is 3. The highest BCUT2D eigenvalue weighted by Gasteiger charge is 2.17. The summed E-state index contributed by atoms with van der Waals surface area (Å²) >= 11 is 1.75. The molecule has 2 rings (SSSR count). The molecular weight excluding hydrogens is 276 g/mol. The minimum Gasteiger partial charge on any atom is -0.349 e. The van der Waals surface area contributed by atoms with Gasteiger partial charge >= 0.3 is 0 Å². The third-order valence-corrected chi connectivity index (χ3v) is 4.31. The Morgan fingerprint density at radius 1 is 1.19 bits per heavy atom. The number of rotatable bonds is 2. The fraction of sp³-hybridized carbons (Fsp3) is 0.167. The van der Waals surface area contributed by atoms with Crippen LogP contribution in [0, 0.1) is 0 Å². The van der Waals surface area contributed by atoms with Gasteiger partial charge in [0.2, 0.25) is 0 Å². The Labute approximate surface area is 130 Å². The van der Waals surface area contributed by atoms with Crippen molar-refractivity contribution in [1.82, 2.24) is 10.3 Å². The van der Waals surface area contributed by atoms with Crippen LogP contribution in [0.5, 0.6) is 0 Å². The molecule has 1 fully saturated rings. The Bertz CT molecular complexity index is 730. The van der Waals surface area contributed by atoms with E-state index >= 15 is 0 Å². The number of thioether (sulfide) groups is 1. The molecule has 1 aromatic heterocycles. The molecule has 108 valence electrons. The lowest BCUT2D eigenvalue weighted by Gasteiger charge is -2.00. The second-order valence-electron chi connectivity index (χ2n) is 4.48. The average Bonchev–Trinajstić information content (AvgIpc) is 2.91. The van der Waals surface area contributed by atoms with E-state index < -0.39 is 0 Å².